The van der Waals surface area contributed by atoms with Crippen molar-refractivity contribution in [2.45, 2.75) is 18.3 Å². The molecule has 0 aliphatic carbocycles. The lowest BCUT2D eigenvalue weighted by atomic mass is 9.74. The number of nitrogens with zero attached hydrogens (tertiary/aromatic N) is 4. The van der Waals surface area contributed by atoms with Crippen LogP contribution in [0, 0.1) is 5.82 Å². The first-order valence-corrected chi connectivity index (χ1v) is 12.8. The highest BCUT2D eigenvalue weighted by atomic mass is 32.2. The van der Waals surface area contributed by atoms with E-state index >= 15 is 0 Å². The third-order valence-electron chi connectivity index (χ3n) is 6.61. The molecule has 5 rings (SSSR count). The highest BCUT2D eigenvalue weighted by Crippen LogP contribution is 2.48. The van der Waals surface area contributed by atoms with Crippen LogP contribution in [0.4, 0.5) is 20.7 Å². The number of amides is 2. The third-order valence-corrected chi connectivity index (χ3v) is 7.74. The summed E-state index contributed by atoms with van der Waals surface area (Å²) in [4.78, 5) is 23.2. The summed E-state index contributed by atoms with van der Waals surface area (Å²) >= 11 is 0. The van der Waals surface area contributed by atoms with E-state index in [1.54, 1.807) is 17.2 Å². The number of carbonyl (C=O) groups is 1. The van der Waals surface area contributed by atoms with E-state index in [1.165, 1.54) is 22.6 Å². The second kappa shape index (κ2) is 8.35. The second-order valence-corrected chi connectivity index (χ2v) is 10.7. The second-order valence-electron chi connectivity index (χ2n) is 8.78. The number of anilines is 2. The maximum atomic E-state index is 13.9. The molecule has 2 aliphatic heterocycles. The molecule has 8 nitrogen and oxygen atoms in total. The molecule has 1 saturated heterocycles. The number of nitrogens with one attached hydrogen (secondary N) is 1. The van der Waals surface area contributed by atoms with Gasteiger partial charge in [-0.2, -0.15) is 0 Å². The number of hydrogen-bond donors (Lipinski definition) is 1. The van der Waals surface area contributed by atoms with Crippen LogP contribution in [0.2, 0.25) is 0 Å². The molecule has 2 aliphatic rings. The zero-order chi connectivity index (χ0) is 23.9. The summed E-state index contributed by atoms with van der Waals surface area (Å²) in [7, 11) is -3.54. The van der Waals surface area contributed by atoms with Crippen molar-refractivity contribution in [3.63, 3.8) is 0 Å². The minimum atomic E-state index is -3.54. The highest BCUT2D eigenvalue weighted by molar-refractivity contribution is 7.92. The minimum absolute atomic E-state index is 0.256. The van der Waals surface area contributed by atoms with Gasteiger partial charge in [0.25, 0.3) is 0 Å². The Hall–Kier alpha value is -3.53. The van der Waals surface area contributed by atoms with Crippen LogP contribution in [-0.4, -0.2) is 55.2 Å². The molecular formula is C24H24FN5O3S. The van der Waals surface area contributed by atoms with Gasteiger partial charge in [-0.25, -0.2) is 22.6 Å². The van der Waals surface area contributed by atoms with E-state index in [0.29, 0.717) is 43.1 Å². The van der Waals surface area contributed by atoms with Gasteiger partial charge in [-0.1, -0.05) is 36.4 Å². The lowest BCUT2D eigenvalue weighted by Gasteiger charge is -2.39. The SMILES string of the molecule is CS(=O)(=O)N1CC2(CCN(C(=O)Nc3cnc(-c4ccccc4)cn3)CC2)c2ccc(F)cc21. The van der Waals surface area contributed by atoms with Gasteiger partial charge in [0, 0.05) is 30.6 Å². The smallest absolute Gasteiger partial charge is 0.323 e. The summed E-state index contributed by atoms with van der Waals surface area (Å²) in [6.45, 7) is 1.14. The van der Waals surface area contributed by atoms with Gasteiger partial charge in [0.05, 0.1) is 30.0 Å². The summed E-state index contributed by atoms with van der Waals surface area (Å²) < 4.78 is 39.8. The Balaban J connectivity index is 1.27. The zero-order valence-corrected chi connectivity index (χ0v) is 19.4. The fourth-order valence-corrected chi connectivity index (χ4v) is 5.80. The van der Waals surface area contributed by atoms with Crippen LogP contribution < -0.4 is 9.62 Å². The maximum absolute atomic E-state index is 13.9. The largest absolute Gasteiger partial charge is 0.324 e. The Bertz CT molecular complexity index is 1320. The van der Waals surface area contributed by atoms with Crippen molar-refractivity contribution in [1.82, 2.24) is 14.9 Å². The van der Waals surface area contributed by atoms with E-state index < -0.39 is 21.3 Å². The molecule has 1 N–H and O–H groups in total. The quantitative estimate of drug-likeness (QED) is 0.616. The molecule has 3 aromatic rings. The van der Waals surface area contributed by atoms with Gasteiger partial charge >= 0.3 is 6.03 Å². The molecule has 0 atom stereocenters. The van der Waals surface area contributed by atoms with Crippen molar-refractivity contribution in [3.05, 3.63) is 72.3 Å². The van der Waals surface area contributed by atoms with Crippen molar-refractivity contribution in [2.75, 3.05) is 35.5 Å². The van der Waals surface area contributed by atoms with Crippen molar-refractivity contribution >= 4 is 27.6 Å². The number of rotatable bonds is 3. The fraction of sp³-hybridized carbons (Fsp3) is 0.292. The Morgan fingerprint density at radius 1 is 1.06 bits per heavy atom. The molecular weight excluding hydrogens is 457 g/mol. The number of halogens is 1. The van der Waals surface area contributed by atoms with Gasteiger partial charge in [0.1, 0.15) is 5.82 Å². The summed E-state index contributed by atoms with van der Waals surface area (Å²) in [6, 6.07) is 13.7. The van der Waals surface area contributed by atoms with Crippen molar-refractivity contribution in [3.8, 4) is 11.3 Å². The number of aromatic nitrogens is 2. The van der Waals surface area contributed by atoms with E-state index in [2.05, 4.69) is 15.3 Å². The van der Waals surface area contributed by atoms with Crippen LogP contribution >= 0.6 is 0 Å². The van der Waals surface area contributed by atoms with Crippen LogP contribution in [0.3, 0.4) is 0 Å². The lowest BCUT2D eigenvalue weighted by molar-refractivity contribution is 0.173. The van der Waals surface area contributed by atoms with Gasteiger partial charge in [-0.3, -0.25) is 14.6 Å². The molecule has 1 aromatic heterocycles. The van der Waals surface area contributed by atoms with Crippen LogP contribution in [-0.2, 0) is 15.4 Å². The standard InChI is InChI=1S/C24H24FN5O3S/c1-34(32,33)30-16-24(19-8-7-18(25)13-21(19)30)9-11-29(12-10-24)23(31)28-22-15-26-20(14-27-22)17-5-3-2-4-6-17/h2-8,13-15H,9-12,16H2,1H3,(H,27,28,31). The predicted octanol–water partition coefficient (Wildman–Crippen LogP) is 3.63. The topological polar surface area (TPSA) is 95.5 Å². The first-order valence-electron chi connectivity index (χ1n) is 11.0. The molecule has 176 valence electrons. The molecule has 34 heavy (non-hydrogen) atoms. The van der Waals surface area contributed by atoms with Gasteiger partial charge in [0.2, 0.25) is 10.0 Å². The molecule has 2 aromatic carbocycles. The molecule has 2 amide bonds. The van der Waals surface area contributed by atoms with Crippen molar-refractivity contribution in [2.24, 2.45) is 0 Å². The number of hydrogen-bond acceptors (Lipinski definition) is 5. The number of piperidine rings is 1. The Labute approximate surface area is 197 Å². The molecule has 0 unspecified atom stereocenters. The van der Waals surface area contributed by atoms with E-state index in [9.17, 15) is 17.6 Å². The van der Waals surface area contributed by atoms with Crippen LogP contribution in [0.15, 0.2) is 60.9 Å². The monoisotopic (exact) mass is 481 g/mol. The van der Waals surface area contributed by atoms with Crippen LogP contribution in [0.1, 0.15) is 18.4 Å². The summed E-state index contributed by atoms with van der Waals surface area (Å²) in [5.74, 6) is -0.115. The van der Waals surface area contributed by atoms with E-state index in [0.717, 1.165) is 17.4 Å². The molecule has 1 spiro atoms. The van der Waals surface area contributed by atoms with Crippen molar-refractivity contribution in [1.29, 1.82) is 0 Å². The Kier molecular flexibility index (Phi) is 5.47. The number of benzene rings is 2. The maximum Gasteiger partial charge on any atom is 0.323 e. The minimum Gasteiger partial charge on any atom is -0.324 e. The highest BCUT2D eigenvalue weighted by Gasteiger charge is 2.47. The zero-order valence-electron chi connectivity index (χ0n) is 18.6. The lowest BCUT2D eigenvalue weighted by Crippen LogP contribution is -2.48. The van der Waals surface area contributed by atoms with E-state index in [1.807, 2.05) is 30.3 Å². The number of carbonyl (C=O) groups excluding carboxylic acids is 1. The average Bonchev–Trinajstić information content (AvgIpc) is 3.14. The summed E-state index contributed by atoms with van der Waals surface area (Å²) in [5.41, 5.74) is 2.43. The number of urea groups is 1. The number of sulfonamides is 1. The van der Waals surface area contributed by atoms with E-state index in [-0.39, 0.29) is 12.6 Å². The summed E-state index contributed by atoms with van der Waals surface area (Å²) in [6.07, 6.45) is 5.42. The Morgan fingerprint density at radius 2 is 1.79 bits per heavy atom. The molecule has 10 heteroatoms. The number of likely N-dealkylation sites (tertiary alicyclic amines) is 1. The first-order chi connectivity index (χ1) is 16.2. The number of fused-ring (bicyclic) bond motifs is 2. The predicted molar refractivity (Wildman–Crippen MR) is 128 cm³/mol. The fourth-order valence-electron chi connectivity index (χ4n) is 4.81. The molecule has 3 heterocycles. The Morgan fingerprint density at radius 3 is 2.44 bits per heavy atom. The van der Waals surface area contributed by atoms with Gasteiger partial charge in [-0.15, -0.1) is 0 Å². The first kappa shape index (κ1) is 22.3. The van der Waals surface area contributed by atoms with Gasteiger partial charge < -0.3 is 4.90 Å². The van der Waals surface area contributed by atoms with Gasteiger partial charge in [0.15, 0.2) is 5.82 Å². The molecule has 1 fully saturated rings. The van der Waals surface area contributed by atoms with Crippen LogP contribution in [0.25, 0.3) is 11.3 Å². The van der Waals surface area contributed by atoms with Crippen molar-refractivity contribution < 1.29 is 17.6 Å². The molecule has 0 radical (unpaired) electrons. The third kappa shape index (κ3) is 4.09. The van der Waals surface area contributed by atoms with Gasteiger partial charge in [-0.05, 0) is 30.5 Å². The summed E-state index contributed by atoms with van der Waals surface area (Å²) in [5, 5.41) is 2.79. The average molecular weight is 482 g/mol. The normalized spacial score (nSPS) is 17.0. The molecule has 0 saturated carbocycles. The van der Waals surface area contributed by atoms with Crippen LogP contribution in [0.5, 0.6) is 0 Å². The van der Waals surface area contributed by atoms with E-state index in [4.69, 9.17) is 0 Å². The molecule has 0 bridgehead atoms.